The number of aliphatic hydroxyl groups is 1. The van der Waals surface area contributed by atoms with Gasteiger partial charge in [-0.15, -0.1) is 0 Å². The van der Waals surface area contributed by atoms with Crippen molar-refractivity contribution in [2.75, 3.05) is 32.8 Å². The highest BCUT2D eigenvalue weighted by atomic mass is 16.5. The minimum atomic E-state index is -0.700. The van der Waals surface area contributed by atoms with Gasteiger partial charge in [0.2, 0.25) is 0 Å². The van der Waals surface area contributed by atoms with Gasteiger partial charge in [0.25, 0.3) is 11.7 Å². The molecule has 1 saturated heterocycles. The summed E-state index contributed by atoms with van der Waals surface area (Å²) in [4.78, 5) is 30.3. The molecule has 0 saturated carbocycles. The van der Waals surface area contributed by atoms with Crippen molar-refractivity contribution in [2.45, 2.75) is 46.3 Å². The van der Waals surface area contributed by atoms with Crippen molar-refractivity contribution in [1.29, 1.82) is 0 Å². The Morgan fingerprint density at radius 2 is 1.91 bits per heavy atom. The molecule has 1 N–H and O–H groups in total. The third-order valence-corrected chi connectivity index (χ3v) is 6.75. The smallest absolute Gasteiger partial charge is 0.295 e. The molecular weight excluding hydrogens is 444 g/mol. The van der Waals surface area contributed by atoms with Crippen LogP contribution < -0.4 is 9.47 Å². The summed E-state index contributed by atoms with van der Waals surface area (Å²) in [6, 6.07) is 12.1. The Morgan fingerprint density at radius 1 is 1.14 bits per heavy atom. The molecule has 2 aromatic carbocycles. The summed E-state index contributed by atoms with van der Waals surface area (Å²) in [6.07, 6.45) is 0.795. The lowest BCUT2D eigenvalue weighted by Crippen LogP contribution is -2.38. The number of Topliss-reactive ketones (excluding diaryl/α,β-unsaturated/α-hetero) is 1. The summed E-state index contributed by atoms with van der Waals surface area (Å²) in [7, 11) is 0. The van der Waals surface area contributed by atoms with Gasteiger partial charge in [0, 0.05) is 25.1 Å². The maximum Gasteiger partial charge on any atom is 0.295 e. The van der Waals surface area contributed by atoms with Crippen LogP contribution in [0.5, 0.6) is 11.5 Å². The number of likely N-dealkylation sites (tertiary alicyclic amines) is 1. The number of hydrogen-bond donors (Lipinski definition) is 1. The van der Waals surface area contributed by atoms with Gasteiger partial charge in [-0.25, -0.2) is 0 Å². The van der Waals surface area contributed by atoms with Crippen LogP contribution in [0.1, 0.15) is 50.4 Å². The molecule has 186 valence electrons. The number of amides is 1. The number of likely N-dealkylation sites (N-methyl/N-ethyl adjacent to an activating group) is 1. The molecule has 2 atom stereocenters. The maximum atomic E-state index is 13.3. The van der Waals surface area contributed by atoms with Gasteiger partial charge in [0.1, 0.15) is 23.4 Å². The van der Waals surface area contributed by atoms with E-state index in [1.54, 1.807) is 11.0 Å². The normalized spacial score (nSPS) is 20.9. The molecule has 2 heterocycles. The van der Waals surface area contributed by atoms with E-state index < -0.39 is 17.7 Å². The molecule has 7 heteroatoms. The third kappa shape index (κ3) is 4.91. The highest BCUT2D eigenvalue weighted by molar-refractivity contribution is 6.46. The van der Waals surface area contributed by atoms with E-state index >= 15 is 0 Å². The summed E-state index contributed by atoms with van der Waals surface area (Å²) in [5, 5.41) is 11.4. The standard InChI is InChI=1S/C28H34N2O5/c1-5-29(6-2)13-14-30-25(19-9-8-10-22(17-19)34-7-3)24(27(32)28(30)33)26(31)20-11-12-23-21(16-20)15-18(4)35-23/h8-12,16-18,25,31H,5-7,13-15H2,1-4H3/b26-24+. The van der Waals surface area contributed by atoms with Gasteiger partial charge in [0.15, 0.2) is 0 Å². The van der Waals surface area contributed by atoms with Gasteiger partial charge in [-0.1, -0.05) is 26.0 Å². The first-order chi connectivity index (χ1) is 16.9. The zero-order chi connectivity index (χ0) is 25.1. The van der Waals surface area contributed by atoms with Crippen molar-refractivity contribution in [3.8, 4) is 11.5 Å². The lowest BCUT2D eigenvalue weighted by atomic mass is 9.94. The average molecular weight is 479 g/mol. The SMILES string of the molecule is CCOc1cccc(C2/C(=C(\O)c3ccc4c(c3)CC(C)O4)C(=O)C(=O)N2CCN(CC)CC)c1. The van der Waals surface area contributed by atoms with Crippen LogP contribution in [0.4, 0.5) is 0 Å². The molecule has 1 fully saturated rings. The first kappa shape index (κ1) is 24.8. The second-order valence-electron chi connectivity index (χ2n) is 8.98. The van der Waals surface area contributed by atoms with Crippen molar-refractivity contribution >= 4 is 17.4 Å². The van der Waals surface area contributed by atoms with Crippen molar-refractivity contribution in [3.05, 3.63) is 64.7 Å². The number of ketones is 1. The molecule has 0 radical (unpaired) electrons. The van der Waals surface area contributed by atoms with Gasteiger partial charge in [-0.05, 0) is 68.4 Å². The van der Waals surface area contributed by atoms with Crippen molar-refractivity contribution < 1.29 is 24.2 Å². The molecule has 2 aliphatic rings. The number of carbonyl (C=O) groups excluding carboxylic acids is 2. The molecule has 4 rings (SSSR count). The average Bonchev–Trinajstić information content (AvgIpc) is 3.35. The molecular formula is C28H34N2O5. The number of hydrogen-bond acceptors (Lipinski definition) is 6. The number of carbonyl (C=O) groups is 2. The Hall–Kier alpha value is -3.32. The van der Waals surface area contributed by atoms with E-state index in [1.165, 1.54) is 0 Å². The van der Waals surface area contributed by atoms with Crippen LogP contribution in [0.3, 0.4) is 0 Å². The molecule has 2 unspecified atom stereocenters. The first-order valence-corrected chi connectivity index (χ1v) is 12.4. The number of nitrogens with zero attached hydrogens (tertiary/aromatic N) is 2. The molecule has 2 aromatic rings. The van der Waals surface area contributed by atoms with E-state index in [1.807, 2.05) is 50.2 Å². The fraction of sp³-hybridized carbons (Fsp3) is 0.429. The lowest BCUT2D eigenvalue weighted by molar-refractivity contribution is -0.140. The van der Waals surface area contributed by atoms with Crippen LogP contribution in [0.15, 0.2) is 48.0 Å². The van der Waals surface area contributed by atoms with E-state index in [0.717, 1.165) is 36.4 Å². The van der Waals surface area contributed by atoms with Gasteiger partial charge in [-0.3, -0.25) is 9.59 Å². The Balaban J connectivity index is 1.79. The Kier molecular flexibility index (Phi) is 7.45. The Bertz CT molecular complexity index is 1140. The monoisotopic (exact) mass is 478 g/mol. The second-order valence-corrected chi connectivity index (χ2v) is 8.98. The third-order valence-electron chi connectivity index (χ3n) is 6.75. The number of ether oxygens (including phenoxy) is 2. The minimum absolute atomic E-state index is 0.0642. The van der Waals surface area contributed by atoms with E-state index in [4.69, 9.17) is 9.47 Å². The van der Waals surface area contributed by atoms with E-state index in [-0.39, 0.29) is 17.4 Å². The fourth-order valence-electron chi connectivity index (χ4n) is 4.91. The maximum absolute atomic E-state index is 13.3. The Labute approximate surface area is 206 Å². The molecule has 0 aromatic heterocycles. The summed E-state index contributed by atoms with van der Waals surface area (Å²) in [5.41, 5.74) is 2.32. The second kappa shape index (κ2) is 10.5. The number of fused-ring (bicyclic) bond motifs is 1. The fourth-order valence-corrected chi connectivity index (χ4v) is 4.91. The molecule has 1 amide bonds. The zero-order valence-electron chi connectivity index (χ0n) is 20.9. The topological polar surface area (TPSA) is 79.3 Å². The number of aliphatic hydroxyl groups excluding tert-OH is 1. The Morgan fingerprint density at radius 3 is 2.63 bits per heavy atom. The van der Waals surface area contributed by atoms with Crippen LogP contribution in [-0.2, 0) is 16.0 Å². The molecule has 7 nitrogen and oxygen atoms in total. The summed E-state index contributed by atoms with van der Waals surface area (Å²) in [5.74, 6) is 0.0168. The largest absolute Gasteiger partial charge is 0.507 e. The van der Waals surface area contributed by atoms with Gasteiger partial charge in [0.05, 0.1) is 18.2 Å². The van der Waals surface area contributed by atoms with E-state index in [2.05, 4.69) is 18.7 Å². The minimum Gasteiger partial charge on any atom is -0.507 e. The zero-order valence-corrected chi connectivity index (χ0v) is 20.9. The summed E-state index contributed by atoms with van der Waals surface area (Å²) < 4.78 is 11.5. The van der Waals surface area contributed by atoms with Gasteiger partial charge in [-0.2, -0.15) is 0 Å². The predicted octanol–water partition coefficient (Wildman–Crippen LogP) is 4.17. The van der Waals surface area contributed by atoms with E-state index in [9.17, 15) is 14.7 Å². The quantitative estimate of drug-likeness (QED) is 0.331. The number of benzene rings is 2. The van der Waals surface area contributed by atoms with Crippen LogP contribution in [0.25, 0.3) is 5.76 Å². The van der Waals surface area contributed by atoms with E-state index in [0.29, 0.717) is 31.0 Å². The van der Waals surface area contributed by atoms with Crippen LogP contribution in [-0.4, -0.2) is 65.5 Å². The molecule has 0 aliphatic carbocycles. The molecule has 2 aliphatic heterocycles. The van der Waals surface area contributed by atoms with Gasteiger partial charge >= 0.3 is 0 Å². The van der Waals surface area contributed by atoms with Crippen molar-refractivity contribution in [3.63, 3.8) is 0 Å². The summed E-state index contributed by atoms with van der Waals surface area (Å²) in [6.45, 7) is 11.2. The highest BCUT2D eigenvalue weighted by Crippen LogP contribution is 2.41. The molecule has 0 bridgehead atoms. The summed E-state index contributed by atoms with van der Waals surface area (Å²) >= 11 is 0. The van der Waals surface area contributed by atoms with Gasteiger partial charge < -0.3 is 24.4 Å². The number of rotatable bonds is 9. The molecule has 35 heavy (non-hydrogen) atoms. The van der Waals surface area contributed by atoms with Crippen LogP contribution >= 0.6 is 0 Å². The first-order valence-electron chi connectivity index (χ1n) is 12.4. The predicted molar refractivity (Wildman–Crippen MR) is 135 cm³/mol. The highest BCUT2D eigenvalue weighted by Gasteiger charge is 2.46. The lowest BCUT2D eigenvalue weighted by Gasteiger charge is -2.28. The molecule has 0 spiro atoms. The van der Waals surface area contributed by atoms with Crippen LogP contribution in [0.2, 0.25) is 0 Å². The van der Waals surface area contributed by atoms with Crippen molar-refractivity contribution in [2.24, 2.45) is 0 Å². The van der Waals surface area contributed by atoms with Crippen molar-refractivity contribution in [1.82, 2.24) is 9.80 Å². The van der Waals surface area contributed by atoms with Crippen LogP contribution in [0, 0.1) is 0 Å².